The molecule has 4 nitrogen and oxygen atoms in total. The highest BCUT2D eigenvalue weighted by atomic mass is 19.4. The monoisotopic (exact) mass is 330 g/mol. The molecule has 1 saturated carbocycles. The van der Waals surface area contributed by atoms with E-state index >= 15 is 0 Å². The van der Waals surface area contributed by atoms with Crippen LogP contribution in [-0.2, 0) is 6.18 Å². The third-order valence-electron chi connectivity index (χ3n) is 4.13. The summed E-state index contributed by atoms with van der Waals surface area (Å²) in [5, 5.41) is 15.2. The van der Waals surface area contributed by atoms with E-state index in [0.29, 0.717) is 12.0 Å². The zero-order valence-corrected chi connectivity index (χ0v) is 12.9. The lowest BCUT2D eigenvalue weighted by Crippen LogP contribution is -2.49. The average molecular weight is 330 g/mol. The first-order valence-corrected chi connectivity index (χ1v) is 7.69. The summed E-state index contributed by atoms with van der Waals surface area (Å²) in [5.74, 6) is 0. The van der Waals surface area contributed by atoms with Crippen LogP contribution in [0.15, 0.2) is 24.3 Å². The van der Waals surface area contributed by atoms with Gasteiger partial charge in [0.1, 0.15) is 0 Å². The van der Waals surface area contributed by atoms with Crippen LogP contribution < -0.4 is 10.6 Å². The van der Waals surface area contributed by atoms with Gasteiger partial charge >= 0.3 is 12.2 Å². The number of amides is 2. The van der Waals surface area contributed by atoms with Gasteiger partial charge in [-0.2, -0.15) is 13.2 Å². The van der Waals surface area contributed by atoms with E-state index in [9.17, 15) is 23.1 Å². The molecule has 0 spiro atoms. The van der Waals surface area contributed by atoms with E-state index in [2.05, 4.69) is 10.6 Å². The van der Waals surface area contributed by atoms with Crippen molar-refractivity contribution in [3.8, 4) is 0 Å². The predicted octanol–water partition coefficient (Wildman–Crippen LogP) is 3.37. The fraction of sp³-hybridized carbons (Fsp3) is 0.562. The van der Waals surface area contributed by atoms with Crippen LogP contribution in [0, 0.1) is 0 Å². The molecule has 0 aromatic heterocycles. The Morgan fingerprint density at radius 2 is 1.83 bits per heavy atom. The number of halogens is 3. The van der Waals surface area contributed by atoms with Gasteiger partial charge in [0.05, 0.1) is 23.8 Å². The highest BCUT2D eigenvalue weighted by molar-refractivity contribution is 5.74. The molecule has 3 atom stereocenters. The molecule has 0 saturated heterocycles. The van der Waals surface area contributed by atoms with Gasteiger partial charge < -0.3 is 15.7 Å². The molecule has 0 bridgehead atoms. The molecule has 1 aliphatic rings. The van der Waals surface area contributed by atoms with Crippen molar-refractivity contribution < 1.29 is 23.1 Å². The average Bonchev–Trinajstić information content (AvgIpc) is 2.49. The number of alkyl halides is 3. The van der Waals surface area contributed by atoms with Gasteiger partial charge in [0.15, 0.2) is 0 Å². The van der Waals surface area contributed by atoms with Crippen LogP contribution in [0.5, 0.6) is 0 Å². The molecular formula is C16H21F3N2O2. The van der Waals surface area contributed by atoms with Crippen molar-refractivity contribution in [1.82, 2.24) is 10.6 Å². The van der Waals surface area contributed by atoms with Crippen LogP contribution in [0.2, 0.25) is 0 Å². The first-order valence-electron chi connectivity index (χ1n) is 7.69. The third kappa shape index (κ3) is 4.86. The number of carbonyl (C=O) groups excluding carboxylic acids is 1. The molecule has 2 amide bonds. The molecule has 0 heterocycles. The molecule has 0 radical (unpaired) electrons. The minimum Gasteiger partial charge on any atom is -0.391 e. The Hall–Kier alpha value is -1.76. The van der Waals surface area contributed by atoms with Crippen molar-refractivity contribution in [2.75, 3.05) is 0 Å². The van der Waals surface area contributed by atoms with Crippen LogP contribution in [0.3, 0.4) is 0 Å². The zero-order chi connectivity index (χ0) is 17.0. The normalized spacial score (nSPS) is 23.2. The number of carbonyl (C=O) groups is 1. The van der Waals surface area contributed by atoms with E-state index in [1.165, 1.54) is 12.1 Å². The summed E-state index contributed by atoms with van der Waals surface area (Å²) in [7, 11) is 0. The van der Waals surface area contributed by atoms with Crippen LogP contribution in [-0.4, -0.2) is 23.3 Å². The number of rotatable bonds is 3. The van der Waals surface area contributed by atoms with Gasteiger partial charge in [0.25, 0.3) is 0 Å². The van der Waals surface area contributed by atoms with E-state index in [4.69, 9.17) is 0 Å². The smallest absolute Gasteiger partial charge is 0.391 e. The molecule has 2 rings (SSSR count). The van der Waals surface area contributed by atoms with Crippen LogP contribution in [0.4, 0.5) is 18.0 Å². The first-order chi connectivity index (χ1) is 10.8. The van der Waals surface area contributed by atoms with E-state index in [-0.39, 0.29) is 6.04 Å². The van der Waals surface area contributed by atoms with Crippen molar-refractivity contribution in [2.24, 2.45) is 0 Å². The molecule has 3 N–H and O–H groups in total. The Balaban J connectivity index is 1.90. The molecule has 1 fully saturated rings. The standard InChI is InChI=1S/C16H21F3N2O2/c1-10(11-6-8-12(9-7-11)16(17,18)19)20-15(23)21-13-4-2-3-5-14(13)22/h6-10,13-14,22H,2-5H2,1H3,(H2,20,21,23). The fourth-order valence-corrected chi connectivity index (χ4v) is 2.73. The first kappa shape index (κ1) is 17.6. The SMILES string of the molecule is CC(NC(=O)NC1CCCCC1O)c1ccc(C(F)(F)F)cc1. The quantitative estimate of drug-likeness (QED) is 0.796. The Morgan fingerprint density at radius 3 is 2.39 bits per heavy atom. The highest BCUT2D eigenvalue weighted by Crippen LogP contribution is 2.29. The molecule has 128 valence electrons. The van der Waals surface area contributed by atoms with Crippen molar-refractivity contribution in [3.05, 3.63) is 35.4 Å². The van der Waals surface area contributed by atoms with Gasteiger partial charge in [-0.15, -0.1) is 0 Å². The number of hydrogen-bond donors (Lipinski definition) is 3. The zero-order valence-electron chi connectivity index (χ0n) is 12.9. The van der Waals surface area contributed by atoms with Gasteiger partial charge in [-0.3, -0.25) is 0 Å². The van der Waals surface area contributed by atoms with Gasteiger partial charge in [0.2, 0.25) is 0 Å². The van der Waals surface area contributed by atoms with Crippen LogP contribution in [0.25, 0.3) is 0 Å². The third-order valence-corrected chi connectivity index (χ3v) is 4.13. The van der Waals surface area contributed by atoms with Gasteiger partial charge in [-0.1, -0.05) is 25.0 Å². The van der Waals surface area contributed by atoms with Crippen molar-refractivity contribution in [1.29, 1.82) is 0 Å². The number of benzene rings is 1. The second kappa shape index (κ2) is 7.21. The molecule has 1 aliphatic carbocycles. The molecule has 7 heteroatoms. The second-order valence-corrected chi connectivity index (χ2v) is 5.92. The number of nitrogens with one attached hydrogen (secondary N) is 2. The maximum atomic E-state index is 12.5. The topological polar surface area (TPSA) is 61.4 Å². The number of aliphatic hydroxyl groups excluding tert-OH is 1. The molecule has 0 aliphatic heterocycles. The molecule has 23 heavy (non-hydrogen) atoms. The Bertz CT molecular complexity index is 531. The van der Waals surface area contributed by atoms with Crippen molar-refractivity contribution in [2.45, 2.75) is 57.0 Å². The van der Waals surface area contributed by atoms with Gasteiger partial charge in [-0.05, 0) is 37.5 Å². The minimum atomic E-state index is -4.37. The predicted molar refractivity (Wildman–Crippen MR) is 79.8 cm³/mol. The molecule has 3 unspecified atom stereocenters. The molecule has 1 aromatic rings. The Morgan fingerprint density at radius 1 is 1.22 bits per heavy atom. The largest absolute Gasteiger partial charge is 0.416 e. The van der Waals surface area contributed by atoms with Crippen LogP contribution in [0.1, 0.15) is 49.8 Å². The number of hydrogen-bond acceptors (Lipinski definition) is 2. The van der Waals surface area contributed by atoms with Crippen LogP contribution >= 0.6 is 0 Å². The van der Waals surface area contributed by atoms with Gasteiger partial charge in [-0.25, -0.2) is 4.79 Å². The summed E-state index contributed by atoms with van der Waals surface area (Å²) in [6.45, 7) is 1.69. The van der Waals surface area contributed by atoms with E-state index < -0.39 is 29.9 Å². The maximum absolute atomic E-state index is 12.5. The Kier molecular flexibility index (Phi) is 5.51. The van der Waals surface area contributed by atoms with E-state index in [1.807, 2.05) is 0 Å². The van der Waals surface area contributed by atoms with E-state index in [1.54, 1.807) is 6.92 Å². The minimum absolute atomic E-state index is 0.274. The summed E-state index contributed by atoms with van der Waals surface area (Å²) in [4.78, 5) is 12.0. The lowest BCUT2D eigenvalue weighted by molar-refractivity contribution is -0.137. The highest BCUT2D eigenvalue weighted by Gasteiger charge is 2.30. The lowest BCUT2D eigenvalue weighted by atomic mass is 9.93. The number of aliphatic hydroxyl groups is 1. The number of urea groups is 1. The Labute approximate surface area is 133 Å². The fourth-order valence-electron chi connectivity index (χ4n) is 2.73. The lowest BCUT2D eigenvalue weighted by Gasteiger charge is -2.29. The van der Waals surface area contributed by atoms with Crippen molar-refractivity contribution in [3.63, 3.8) is 0 Å². The van der Waals surface area contributed by atoms with Gasteiger partial charge in [0, 0.05) is 0 Å². The molecule has 1 aromatic carbocycles. The van der Waals surface area contributed by atoms with Crippen molar-refractivity contribution >= 4 is 6.03 Å². The summed E-state index contributed by atoms with van der Waals surface area (Å²) in [5.41, 5.74) is -0.138. The summed E-state index contributed by atoms with van der Waals surface area (Å²) in [6.07, 6.45) is -1.62. The maximum Gasteiger partial charge on any atom is 0.416 e. The molecular weight excluding hydrogens is 309 g/mol. The summed E-state index contributed by atoms with van der Waals surface area (Å²) < 4.78 is 37.6. The second-order valence-electron chi connectivity index (χ2n) is 5.92. The summed E-state index contributed by atoms with van der Waals surface area (Å²) in [6, 6.07) is 3.56. The summed E-state index contributed by atoms with van der Waals surface area (Å²) >= 11 is 0. The van der Waals surface area contributed by atoms with E-state index in [0.717, 1.165) is 31.4 Å².